The van der Waals surface area contributed by atoms with Crippen LogP contribution in [0.2, 0.25) is 0 Å². The summed E-state index contributed by atoms with van der Waals surface area (Å²) in [5, 5.41) is -0.782. The van der Waals surface area contributed by atoms with Crippen molar-refractivity contribution < 1.29 is 13.2 Å². The summed E-state index contributed by atoms with van der Waals surface area (Å²) in [6.45, 7) is 1.93. The fourth-order valence-electron chi connectivity index (χ4n) is 2.18. The second-order valence-corrected chi connectivity index (χ2v) is 6.99. The van der Waals surface area contributed by atoms with Crippen molar-refractivity contribution in [1.29, 1.82) is 0 Å². The van der Waals surface area contributed by atoms with Crippen molar-refractivity contribution in [2.75, 3.05) is 13.7 Å². The fraction of sp³-hybridized carbons (Fsp3) is 0.250. The zero-order chi connectivity index (χ0) is 15.5. The normalized spacial score (nSPS) is 12.9. The predicted molar refractivity (Wildman–Crippen MR) is 83.2 cm³/mol. The van der Waals surface area contributed by atoms with Gasteiger partial charge in [0.1, 0.15) is 11.0 Å². The maximum absolute atomic E-state index is 12.8. The number of rotatable bonds is 5. The van der Waals surface area contributed by atoms with Crippen LogP contribution in [0.1, 0.15) is 16.4 Å². The quantitative estimate of drug-likeness (QED) is 0.921. The third-order valence-corrected chi connectivity index (χ3v) is 5.55. The Kier molecular flexibility index (Phi) is 4.65. The molecule has 0 heterocycles. The summed E-state index contributed by atoms with van der Waals surface area (Å²) < 4.78 is 30.7. The van der Waals surface area contributed by atoms with Crippen LogP contribution in [0.5, 0.6) is 5.75 Å². The number of benzene rings is 2. The van der Waals surface area contributed by atoms with Crippen LogP contribution < -0.4 is 10.5 Å². The summed E-state index contributed by atoms with van der Waals surface area (Å²) in [7, 11) is -1.98. The van der Waals surface area contributed by atoms with Crippen molar-refractivity contribution in [3.8, 4) is 5.75 Å². The van der Waals surface area contributed by atoms with Crippen LogP contribution >= 0.6 is 0 Å². The minimum atomic E-state index is -3.53. The summed E-state index contributed by atoms with van der Waals surface area (Å²) in [4.78, 5) is 0.284. The van der Waals surface area contributed by atoms with E-state index in [1.54, 1.807) is 55.6 Å². The number of ether oxygens (including phenoxy) is 1. The van der Waals surface area contributed by atoms with Crippen molar-refractivity contribution in [1.82, 2.24) is 0 Å². The predicted octanol–water partition coefficient (Wildman–Crippen LogP) is 2.48. The summed E-state index contributed by atoms with van der Waals surface area (Å²) in [6, 6.07) is 13.8. The average Bonchev–Trinajstić information content (AvgIpc) is 2.48. The smallest absolute Gasteiger partial charge is 0.186 e. The lowest BCUT2D eigenvalue weighted by Gasteiger charge is -2.17. The molecule has 0 saturated heterocycles. The lowest BCUT2D eigenvalue weighted by atomic mass is 10.1. The monoisotopic (exact) mass is 305 g/mol. The molecule has 0 aromatic heterocycles. The topological polar surface area (TPSA) is 69.4 Å². The van der Waals surface area contributed by atoms with Crippen LogP contribution in [-0.2, 0) is 9.84 Å². The van der Waals surface area contributed by atoms with E-state index in [0.717, 1.165) is 5.56 Å². The van der Waals surface area contributed by atoms with E-state index in [4.69, 9.17) is 10.5 Å². The first-order valence-electron chi connectivity index (χ1n) is 6.63. The lowest BCUT2D eigenvalue weighted by molar-refractivity contribution is 0.414. The minimum absolute atomic E-state index is 0.0172. The number of nitrogens with two attached hydrogens (primary N) is 1. The Bertz CT molecular complexity index is 709. The molecular formula is C16H19NO3S. The van der Waals surface area contributed by atoms with E-state index in [1.165, 1.54) is 0 Å². The highest BCUT2D eigenvalue weighted by Crippen LogP contribution is 2.30. The summed E-state index contributed by atoms with van der Waals surface area (Å²) in [6.07, 6.45) is 0. The zero-order valence-corrected chi connectivity index (χ0v) is 12.9. The van der Waals surface area contributed by atoms with Crippen LogP contribution in [-0.4, -0.2) is 22.1 Å². The van der Waals surface area contributed by atoms with E-state index in [0.29, 0.717) is 11.3 Å². The highest BCUT2D eigenvalue weighted by molar-refractivity contribution is 7.91. The molecule has 0 radical (unpaired) electrons. The van der Waals surface area contributed by atoms with Crippen molar-refractivity contribution in [2.24, 2.45) is 5.73 Å². The molecule has 0 aliphatic carbocycles. The molecule has 0 spiro atoms. The molecule has 0 aliphatic heterocycles. The zero-order valence-electron chi connectivity index (χ0n) is 12.1. The van der Waals surface area contributed by atoms with Crippen molar-refractivity contribution in [2.45, 2.75) is 17.1 Å². The Morgan fingerprint density at radius 2 is 1.81 bits per heavy atom. The Balaban J connectivity index is 2.46. The summed E-state index contributed by atoms with van der Waals surface area (Å²) in [5.41, 5.74) is 7.38. The second kappa shape index (κ2) is 6.28. The van der Waals surface area contributed by atoms with Gasteiger partial charge < -0.3 is 10.5 Å². The largest absolute Gasteiger partial charge is 0.497 e. The number of sulfone groups is 1. The molecule has 112 valence electrons. The van der Waals surface area contributed by atoms with Gasteiger partial charge in [-0.25, -0.2) is 8.42 Å². The number of hydrogen-bond donors (Lipinski definition) is 1. The molecule has 2 N–H and O–H groups in total. The Morgan fingerprint density at radius 3 is 2.38 bits per heavy atom. The first kappa shape index (κ1) is 15.5. The van der Waals surface area contributed by atoms with E-state index >= 15 is 0 Å². The Hall–Kier alpha value is -1.85. The number of aryl methyl sites for hydroxylation is 1. The van der Waals surface area contributed by atoms with Gasteiger partial charge in [-0.1, -0.05) is 29.8 Å². The molecule has 2 rings (SSSR count). The number of hydrogen-bond acceptors (Lipinski definition) is 4. The molecule has 5 heteroatoms. The molecule has 2 aromatic rings. The third kappa shape index (κ3) is 3.25. The van der Waals surface area contributed by atoms with Gasteiger partial charge in [-0.05, 0) is 36.8 Å². The maximum atomic E-state index is 12.8. The first-order chi connectivity index (χ1) is 9.98. The standard InChI is InChI=1S/C16H19NO3S/c1-12-6-8-15(9-7-12)21(18,19)16(11-17)13-4-3-5-14(10-13)20-2/h3-10,16H,11,17H2,1-2H3/t16-/m1/s1. The van der Waals surface area contributed by atoms with Gasteiger partial charge in [0, 0.05) is 6.54 Å². The van der Waals surface area contributed by atoms with E-state index in [2.05, 4.69) is 0 Å². The van der Waals surface area contributed by atoms with Crippen LogP contribution in [0.25, 0.3) is 0 Å². The first-order valence-corrected chi connectivity index (χ1v) is 8.18. The van der Waals surface area contributed by atoms with Gasteiger partial charge in [0.25, 0.3) is 0 Å². The van der Waals surface area contributed by atoms with Gasteiger partial charge in [0.2, 0.25) is 0 Å². The van der Waals surface area contributed by atoms with Gasteiger partial charge in [-0.2, -0.15) is 0 Å². The van der Waals surface area contributed by atoms with Gasteiger partial charge >= 0.3 is 0 Å². The number of methoxy groups -OCH3 is 1. The molecule has 0 fully saturated rings. The molecule has 21 heavy (non-hydrogen) atoms. The SMILES string of the molecule is COc1cccc([C@@H](CN)S(=O)(=O)c2ccc(C)cc2)c1. The van der Waals surface area contributed by atoms with Crippen LogP contribution in [0.15, 0.2) is 53.4 Å². The summed E-state index contributed by atoms with van der Waals surface area (Å²) in [5.74, 6) is 0.616. The van der Waals surface area contributed by atoms with Crippen molar-refractivity contribution in [3.63, 3.8) is 0 Å². The molecule has 0 amide bonds. The van der Waals surface area contributed by atoms with Crippen LogP contribution in [0, 0.1) is 6.92 Å². The highest BCUT2D eigenvalue weighted by atomic mass is 32.2. The van der Waals surface area contributed by atoms with E-state index in [1.807, 2.05) is 6.92 Å². The van der Waals surface area contributed by atoms with Crippen molar-refractivity contribution >= 4 is 9.84 Å². The molecule has 1 atom stereocenters. The molecule has 4 nitrogen and oxygen atoms in total. The molecule has 0 aliphatic rings. The van der Waals surface area contributed by atoms with E-state index in [-0.39, 0.29) is 11.4 Å². The van der Waals surface area contributed by atoms with E-state index in [9.17, 15) is 8.42 Å². The fourth-order valence-corrected chi connectivity index (χ4v) is 3.78. The highest BCUT2D eigenvalue weighted by Gasteiger charge is 2.28. The van der Waals surface area contributed by atoms with Gasteiger partial charge in [0.15, 0.2) is 9.84 Å². The molecule has 0 bridgehead atoms. The molecular weight excluding hydrogens is 286 g/mol. The third-order valence-electron chi connectivity index (χ3n) is 3.40. The second-order valence-electron chi connectivity index (χ2n) is 4.86. The molecule has 2 aromatic carbocycles. The van der Waals surface area contributed by atoms with Gasteiger partial charge in [0.05, 0.1) is 12.0 Å². The Labute approximate surface area is 125 Å². The maximum Gasteiger partial charge on any atom is 0.186 e. The lowest BCUT2D eigenvalue weighted by Crippen LogP contribution is -2.22. The van der Waals surface area contributed by atoms with Crippen LogP contribution in [0.3, 0.4) is 0 Å². The van der Waals surface area contributed by atoms with Crippen molar-refractivity contribution in [3.05, 3.63) is 59.7 Å². The van der Waals surface area contributed by atoms with Gasteiger partial charge in [-0.3, -0.25) is 0 Å². The summed E-state index contributed by atoms with van der Waals surface area (Å²) >= 11 is 0. The molecule has 0 saturated carbocycles. The minimum Gasteiger partial charge on any atom is -0.497 e. The van der Waals surface area contributed by atoms with Crippen LogP contribution in [0.4, 0.5) is 0 Å². The Morgan fingerprint density at radius 1 is 1.14 bits per heavy atom. The molecule has 0 unspecified atom stereocenters. The van der Waals surface area contributed by atoms with Gasteiger partial charge in [-0.15, -0.1) is 0 Å². The van der Waals surface area contributed by atoms with E-state index < -0.39 is 15.1 Å². The average molecular weight is 305 g/mol.